The molecule has 0 saturated carbocycles. The second-order valence-electron chi connectivity index (χ2n) is 4.58. The summed E-state index contributed by atoms with van der Waals surface area (Å²) in [5, 5.41) is 3.55. The van der Waals surface area contributed by atoms with Crippen LogP contribution in [0, 0.1) is 0 Å². The van der Waals surface area contributed by atoms with Crippen molar-refractivity contribution in [1.29, 1.82) is 0 Å². The molecule has 1 saturated heterocycles. The van der Waals surface area contributed by atoms with Gasteiger partial charge in [-0.05, 0) is 25.9 Å². The molecular formula is C12H22N4. The van der Waals surface area contributed by atoms with E-state index >= 15 is 0 Å². The van der Waals surface area contributed by atoms with Gasteiger partial charge in [0.2, 0.25) is 0 Å². The summed E-state index contributed by atoms with van der Waals surface area (Å²) in [6.07, 6.45) is 6.52. The first-order valence-electron chi connectivity index (χ1n) is 6.21. The van der Waals surface area contributed by atoms with E-state index in [1.54, 1.807) is 0 Å². The third kappa shape index (κ3) is 2.83. The Balaban J connectivity index is 1.87. The molecule has 1 atom stereocenters. The molecule has 2 heterocycles. The molecule has 1 N–H and O–H groups in total. The molecular weight excluding hydrogens is 200 g/mol. The number of likely N-dealkylation sites (N-methyl/N-ethyl adjacent to an activating group) is 1. The van der Waals surface area contributed by atoms with E-state index in [0.717, 1.165) is 25.5 Å². The Morgan fingerprint density at radius 2 is 2.50 bits per heavy atom. The summed E-state index contributed by atoms with van der Waals surface area (Å²) in [5.41, 5.74) is 0. The minimum Gasteiger partial charge on any atom is -0.337 e. The lowest BCUT2D eigenvalue weighted by Gasteiger charge is -2.23. The zero-order valence-corrected chi connectivity index (χ0v) is 10.3. The molecule has 0 bridgehead atoms. The standard InChI is InChI=1S/C12H22N4/c1-3-16(9-11-5-4-6-13-11)10-12-14-7-8-15(12)2/h7-8,11,13H,3-6,9-10H2,1-2H3. The van der Waals surface area contributed by atoms with Crippen LogP contribution < -0.4 is 5.32 Å². The SMILES string of the molecule is CCN(Cc1nccn1C)CC1CCCN1. The van der Waals surface area contributed by atoms with E-state index < -0.39 is 0 Å². The zero-order chi connectivity index (χ0) is 11.4. The monoisotopic (exact) mass is 222 g/mol. The van der Waals surface area contributed by atoms with Crippen molar-refractivity contribution in [1.82, 2.24) is 19.8 Å². The summed E-state index contributed by atoms with van der Waals surface area (Å²) in [7, 11) is 2.06. The van der Waals surface area contributed by atoms with Crippen LogP contribution in [0.1, 0.15) is 25.6 Å². The largest absolute Gasteiger partial charge is 0.337 e. The van der Waals surface area contributed by atoms with Crippen LogP contribution in [0.3, 0.4) is 0 Å². The van der Waals surface area contributed by atoms with E-state index in [0.29, 0.717) is 6.04 Å². The van der Waals surface area contributed by atoms with Crippen LogP contribution in [0.5, 0.6) is 0 Å². The average Bonchev–Trinajstić information content (AvgIpc) is 2.90. The third-order valence-electron chi connectivity index (χ3n) is 3.37. The topological polar surface area (TPSA) is 33.1 Å². The van der Waals surface area contributed by atoms with Crippen LogP contribution >= 0.6 is 0 Å². The molecule has 0 aliphatic carbocycles. The van der Waals surface area contributed by atoms with Crippen molar-refractivity contribution in [2.75, 3.05) is 19.6 Å². The maximum Gasteiger partial charge on any atom is 0.122 e. The third-order valence-corrected chi connectivity index (χ3v) is 3.37. The molecule has 16 heavy (non-hydrogen) atoms. The molecule has 1 aromatic rings. The Morgan fingerprint density at radius 3 is 3.06 bits per heavy atom. The minimum absolute atomic E-state index is 0.681. The molecule has 1 unspecified atom stereocenters. The predicted molar refractivity (Wildman–Crippen MR) is 65.2 cm³/mol. The lowest BCUT2D eigenvalue weighted by molar-refractivity contribution is 0.245. The quantitative estimate of drug-likeness (QED) is 0.806. The van der Waals surface area contributed by atoms with Crippen molar-refractivity contribution >= 4 is 0 Å². The molecule has 0 amide bonds. The van der Waals surface area contributed by atoms with E-state index in [1.165, 1.54) is 19.4 Å². The highest BCUT2D eigenvalue weighted by Crippen LogP contribution is 2.09. The van der Waals surface area contributed by atoms with Gasteiger partial charge in [0, 0.05) is 32.0 Å². The molecule has 1 aliphatic heterocycles. The normalized spacial score (nSPS) is 20.8. The van der Waals surface area contributed by atoms with Crippen molar-refractivity contribution in [3.63, 3.8) is 0 Å². The van der Waals surface area contributed by atoms with E-state index in [9.17, 15) is 0 Å². The highest BCUT2D eigenvalue weighted by Gasteiger charge is 2.17. The summed E-state index contributed by atoms with van der Waals surface area (Å²) < 4.78 is 2.10. The van der Waals surface area contributed by atoms with Gasteiger partial charge in [-0.15, -0.1) is 0 Å². The molecule has 0 radical (unpaired) electrons. The molecule has 0 spiro atoms. The summed E-state index contributed by atoms with van der Waals surface area (Å²) in [6, 6.07) is 0.681. The Hall–Kier alpha value is -0.870. The lowest BCUT2D eigenvalue weighted by atomic mass is 10.2. The molecule has 90 valence electrons. The minimum atomic E-state index is 0.681. The number of aromatic nitrogens is 2. The highest BCUT2D eigenvalue weighted by atomic mass is 15.2. The van der Waals surface area contributed by atoms with Crippen molar-refractivity contribution in [2.24, 2.45) is 7.05 Å². The van der Waals surface area contributed by atoms with Gasteiger partial charge >= 0.3 is 0 Å². The van der Waals surface area contributed by atoms with Gasteiger partial charge in [-0.25, -0.2) is 4.98 Å². The maximum atomic E-state index is 4.38. The molecule has 1 fully saturated rings. The Labute approximate surface area is 97.7 Å². The Bertz CT molecular complexity index is 315. The summed E-state index contributed by atoms with van der Waals surface area (Å²) in [5.74, 6) is 1.15. The number of nitrogens with zero attached hydrogens (tertiary/aromatic N) is 3. The Kier molecular flexibility index (Phi) is 3.96. The van der Waals surface area contributed by atoms with E-state index in [1.807, 2.05) is 12.4 Å². The van der Waals surface area contributed by atoms with E-state index in [-0.39, 0.29) is 0 Å². The number of imidazole rings is 1. The van der Waals surface area contributed by atoms with Gasteiger partial charge in [-0.3, -0.25) is 4.90 Å². The fraction of sp³-hybridized carbons (Fsp3) is 0.750. The Morgan fingerprint density at radius 1 is 1.62 bits per heavy atom. The van der Waals surface area contributed by atoms with Crippen LogP contribution in [0.4, 0.5) is 0 Å². The van der Waals surface area contributed by atoms with Crippen molar-refractivity contribution < 1.29 is 0 Å². The van der Waals surface area contributed by atoms with Gasteiger partial charge in [0.25, 0.3) is 0 Å². The number of hydrogen-bond acceptors (Lipinski definition) is 3. The summed E-state index contributed by atoms with van der Waals surface area (Å²) in [6.45, 7) is 6.59. The van der Waals surface area contributed by atoms with Crippen molar-refractivity contribution in [3.05, 3.63) is 18.2 Å². The number of aryl methyl sites for hydroxylation is 1. The van der Waals surface area contributed by atoms with Crippen LogP contribution in [-0.4, -0.2) is 40.1 Å². The van der Waals surface area contributed by atoms with Crippen molar-refractivity contribution in [2.45, 2.75) is 32.4 Å². The molecule has 4 nitrogen and oxygen atoms in total. The number of hydrogen-bond donors (Lipinski definition) is 1. The first-order chi connectivity index (χ1) is 7.79. The molecule has 1 aliphatic rings. The van der Waals surface area contributed by atoms with Gasteiger partial charge in [-0.2, -0.15) is 0 Å². The second kappa shape index (κ2) is 5.46. The summed E-state index contributed by atoms with van der Waals surface area (Å²) >= 11 is 0. The first-order valence-corrected chi connectivity index (χ1v) is 6.21. The van der Waals surface area contributed by atoms with Gasteiger partial charge < -0.3 is 9.88 Å². The highest BCUT2D eigenvalue weighted by molar-refractivity contribution is 4.91. The van der Waals surface area contributed by atoms with Gasteiger partial charge in [0.1, 0.15) is 5.82 Å². The van der Waals surface area contributed by atoms with Crippen LogP contribution in [0.15, 0.2) is 12.4 Å². The van der Waals surface area contributed by atoms with Crippen LogP contribution in [-0.2, 0) is 13.6 Å². The maximum absolute atomic E-state index is 4.38. The van der Waals surface area contributed by atoms with Gasteiger partial charge in [-0.1, -0.05) is 6.92 Å². The first kappa shape index (κ1) is 11.6. The number of rotatable bonds is 5. The van der Waals surface area contributed by atoms with Gasteiger partial charge in [0.15, 0.2) is 0 Å². The molecule has 2 rings (SSSR count). The molecule has 1 aromatic heterocycles. The van der Waals surface area contributed by atoms with E-state index in [2.05, 4.69) is 33.7 Å². The smallest absolute Gasteiger partial charge is 0.122 e. The van der Waals surface area contributed by atoms with E-state index in [4.69, 9.17) is 0 Å². The molecule has 0 aromatic carbocycles. The van der Waals surface area contributed by atoms with Crippen LogP contribution in [0.2, 0.25) is 0 Å². The predicted octanol–water partition coefficient (Wildman–Crippen LogP) is 0.994. The summed E-state index contributed by atoms with van der Waals surface area (Å²) in [4.78, 5) is 6.84. The van der Waals surface area contributed by atoms with Gasteiger partial charge in [0.05, 0.1) is 6.54 Å². The molecule has 4 heteroatoms. The average molecular weight is 222 g/mol. The lowest BCUT2D eigenvalue weighted by Crippen LogP contribution is -2.37. The zero-order valence-electron chi connectivity index (χ0n) is 10.3. The fourth-order valence-electron chi connectivity index (χ4n) is 2.28. The van der Waals surface area contributed by atoms with Crippen molar-refractivity contribution in [3.8, 4) is 0 Å². The second-order valence-corrected chi connectivity index (χ2v) is 4.58. The number of nitrogens with one attached hydrogen (secondary N) is 1. The fourth-order valence-corrected chi connectivity index (χ4v) is 2.28. The van der Waals surface area contributed by atoms with Crippen LogP contribution in [0.25, 0.3) is 0 Å².